The summed E-state index contributed by atoms with van der Waals surface area (Å²) in [6.07, 6.45) is 0. The van der Waals surface area contributed by atoms with E-state index in [0.29, 0.717) is 52.8 Å². The summed E-state index contributed by atoms with van der Waals surface area (Å²) in [6.45, 7) is 9.87. The number of nitro groups is 2. The van der Waals surface area contributed by atoms with Crippen LogP contribution in [0.1, 0.15) is 0 Å². The summed E-state index contributed by atoms with van der Waals surface area (Å²) in [6, 6.07) is 3.45. The van der Waals surface area contributed by atoms with Gasteiger partial charge in [-0.3, -0.25) is 20.2 Å². The van der Waals surface area contributed by atoms with Crippen molar-refractivity contribution in [2.24, 2.45) is 0 Å². The average Bonchev–Trinajstić information content (AvgIpc) is 2.64. The smallest absolute Gasteiger partial charge is 0.299 e. The normalized spacial score (nSPS) is 11.4. The van der Waals surface area contributed by atoms with E-state index in [1.54, 1.807) is 0 Å². The van der Waals surface area contributed by atoms with E-state index in [1.807, 2.05) is 0 Å². The van der Waals surface area contributed by atoms with E-state index in [2.05, 4.69) is 25.0 Å². The first kappa shape index (κ1) is 24.9. The lowest BCUT2D eigenvalue weighted by Gasteiger charge is -2.16. The van der Waals surface area contributed by atoms with E-state index in [1.165, 1.54) is 12.1 Å². The lowest BCUT2D eigenvalue weighted by atomic mass is 10.2. The molecule has 0 aromatic heterocycles. The van der Waals surface area contributed by atoms with Crippen LogP contribution in [0.5, 0.6) is 0 Å². The molecule has 1 aromatic rings. The molecule has 0 amide bonds. The summed E-state index contributed by atoms with van der Waals surface area (Å²) in [4.78, 5) is 20.4. The minimum atomic E-state index is -1.49. The molecule has 0 atom stereocenters. The molecule has 0 fully saturated rings. The van der Waals surface area contributed by atoms with Crippen LogP contribution in [-0.2, 0) is 18.6 Å². The van der Waals surface area contributed by atoms with E-state index >= 15 is 0 Å². The number of non-ortho nitro benzene ring substituents is 1. The first-order valence-corrected chi connectivity index (χ1v) is 12.7. The molecular weight excluding hydrogens is 402 g/mol. The number of ether oxygens (including phenoxy) is 3. The zero-order valence-corrected chi connectivity index (χ0v) is 18.0. The maximum absolute atomic E-state index is 11.0. The summed E-state index contributed by atoms with van der Waals surface area (Å²) in [7, 11) is -1.49. The Kier molecular flexibility index (Phi) is 11.3. The van der Waals surface area contributed by atoms with Crippen molar-refractivity contribution in [2.45, 2.75) is 19.6 Å². The molecule has 0 heterocycles. The first-order valence-electron chi connectivity index (χ1n) is 9.24. The van der Waals surface area contributed by atoms with E-state index in [9.17, 15) is 20.2 Å². The van der Waals surface area contributed by atoms with E-state index < -0.39 is 18.2 Å². The monoisotopic (exact) mass is 431 g/mol. The molecular formula is C17H29N3O8Si. The topological polar surface area (TPSA) is 135 Å². The molecule has 1 aromatic carbocycles. The van der Waals surface area contributed by atoms with Crippen LogP contribution < -0.4 is 5.32 Å². The highest BCUT2D eigenvalue weighted by molar-refractivity contribution is 6.69. The lowest BCUT2D eigenvalue weighted by Crippen LogP contribution is -2.27. The Bertz CT molecular complexity index is 654. The van der Waals surface area contributed by atoms with Crippen LogP contribution in [0.15, 0.2) is 18.2 Å². The molecule has 0 bridgehead atoms. The molecule has 0 unspecified atom stereocenters. The third kappa shape index (κ3) is 11.5. The standard InChI is InChI=1S/C17H29N3O8Si/c1-29(2,3)28-13-12-27-11-10-26-9-8-25-7-6-18-16-5-4-15(19(21)22)14-17(16)20(23)24/h4-5,14,18H,6-13H2,1-3H3. The molecule has 12 heteroatoms. The largest absolute Gasteiger partial charge is 0.415 e. The molecule has 1 rings (SSSR count). The fourth-order valence-electron chi connectivity index (χ4n) is 2.14. The van der Waals surface area contributed by atoms with Crippen LogP contribution in [0.2, 0.25) is 19.6 Å². The molecule has 0 aliphatic carbocycles. The molecule has 0 aliphatic heterocycles. The van der Waals surface area contributed by atoms with Crippen LogP contribution in [0.4, 0.5) is 17.1 Å². The van der Waals surface area contributed by atoms with Crippen molar-refractivity contribution in [1.82, 2.24) is 0 Å². The number of nitrogens with one attached hydrogen (secondary N) is 1. The fraction of sp³-hybridized carbons (Fsp3) is 0.647. The molecule has 0 radical (unpaired) electrons. The van der Waals surface area contributed by atoms with Crippen molar-refractivity contribution < 1.29 is 28.5 Å². The van der Waals surface area contributed by atoms with Crippen LogP contribution in [0, 0.1) is 20.2 Å². The van der Waals surface area contributed by atoms with Crippen LogP contribution in [0.25, 0.3) is 0 Å². The van der Waals surface area contributed by atoms with Crippen molar-refractivity contribution >= 4 is 25.4 Å². The summed E-state index contributed by atoms with van der Waals surface area (Å²) >= 11 is 0. The van der Waals surface area contributed by atoms with Crippen LogP contribution in [0.3, 0.4) is 0 Å². The molecule has 0 saturated heterocycles. The van der Waals surface area contributed by atoms with E-state index in [4.69, 9.17) is 18.6 Å². The maximum Gasteiger partial charge on any atom is 0.299 e. The van der Waals surface area contributed by atoms with Gasteiger partial charge in [-0.05, 0) is 25.7 Å². The molecule has 164 valence electrons. The Morgan fingerprint density at radius 2 is 1.41 bits per heavy atom. The molecule has 0 spiro atoms. The number of anilines is 1. The van der Waals surface area contributed by atoms with Gasteiger partial charge in [0.05, 0.1) is 62.2 Å². The fourth-order valence-corrected chi connectivity index (χ4v) is 2.84. The van der Waals surface area contributed by atoms with Crippen LogP contribution in [-0.4, -0.2) is 71.0 Å². The van der Waals surface area contributed by atoms with Gasteiger partial charge in [-0.25, -0.2) is 0 Å². The summed E-state index contributed by atoms with van der Waals surface area (Å²) in [5.41, 5.74) is -0.475. The molecule has 1 N–H and O–H groups in total. The van der Waals surface area contributed by atoms with Gasteiger partial charge in [-0.15, -0.1) is 0 Å². The Morgan fingerprint density at radius 3 is 1.93 bits per heavy atom. The summed E-state index contributed by atoms with van der Waals surface area (Å²) in [5, 5.41) is 24.6. The van der Waals surface area contributed by atoms with Crippen molar-refractivity contribution in [3.8, 4) is 0 Å². The third-order valence-corrected chi connectivity index (χ3v) is 4.53. The zero-order valence-electron chi connectivity index (χ0n) is 17.0. The molecule has 29 heavy (non-hydrogen) atoms. The number of hydrogen-bond donors (Lipinski definition) is 1. The highest BCUT2D eigenvalue weighted by Gasteiger charge is 2.19. The average molecular weight is 432 g/mol. The Morgan fingerprint density at radius 1 is 0.862 bits per heavy atom. The third-order valence-electron chi connectivity index (χ3n) is 3.46. The van der Waals surface area contributed by atoms with Gasteiger partial charge in [0, 0.05) is 12.6 Å². The number of hydrogen-bond acceptors (Lipinski definition) is 9. The maximum atomic E-state index is 11.0. The van der Waals surface area contributed by atoms with E-state index in [-0.39, 0.29) is 17.1 Å². The number of benzene rings is 1. The molecule has 11 nitrogen and oxygen atoms in total. The van der Waals surface area contributed by atoms with Gasteiger partial charge in [0.15, 0.2) is 8.32 Å². The Labute approximate surface area is 170 Å². The minimum absolute atomic E-state index is 0.204. The Hall–Kier alpha value is -2.12. The highest BCUT2D eigenvalue weighted by atomic mass is 28.4. The first-order chi connectivity index (χ1) is 13.7. The number of nitro benzene ring substituents is 2. The highest BCUT2D eigenvalue weighted by Crippen LogP contribution is 2.28. The quantitative estimate of drug-likeness (QED) is 0.181. The van der Waals surface area contributed by atoms with Crippen molar-refractivity contribution in [2.75, 3.05) is 58.1 Å². The predicted octanol–water partition coefficient (Wildman–Crippen LogP) is 2.82. The van der Waals surface area contributed by atoms with Gasteiger partial charge in [0.1, 0.15) is 5.69 Å². The van der Waals surface area contributed by atoms with Crippen molar-refractivity contribution in [1.29, 1.82) is 0 Å². The van der Waals surface area contributed by atoms with Gasteiger partial charge in [0.2, 0.25) is 0 Å². The number of nitrogens with zero attached hydrogens (tertiary/aromatic N) is 2. The van der Waals surface area contributed by atoms with Gasteiger partial charge in [-0.2, -0.15) is 0 Å². The zero-order chi connectivity index (χ0) is 21.7. The van der Waals surface area contributed by atoms with Gasteiger partial charge < -0.3 is 24.0 Å². The van der Waals surface area contributed by atoms with Crippen LogP contribution >= 0.6 is 0 Å². The molecule has 0 aliphatic rings. The minimum Gasteiger partial charge on any atom is -0.415 e. The number of rotatable bonds is 16. The van der Waals surface area contributed by atoms with Crippen molar-refractivity contribution in [3.63, 3.8) is 0 Å². The van der Waals surface area contributed by atoms with Gasteiger partial charge in [-0.1, -0.05) is 0 Å². The van der Waals surface area contributed by atoms with Crippen molar-refractivity contribution in [3.05, 3.63) is 38.4 Å². The Balaban J connectivity index is 2.08. The van der Waals surface area contributed by atoms with Gasteiger partial charge in [0.25, 0.3) is 11.4 Å². The SMILES string of the molecule is C[Si](C)(C)OCCOCCOCCOCCNc1ccc([N+](=O)[O-])cc1[N+](=O)[O-]. The van der Waals surface area contributed by atoms with E-state index in [0.717, 1.165) is 6.07 Å². The second kappa shape index (κ2) is 13.2. The summed E-state index contributed by atoms with van der Waals surface area (Å²) in [5.74, 6) is 0. The lowest BCUT2D eigenvalue weighted by molar-refractivity contribution is -0.393. The molecule has 0 saturated carbocycles. The second-order valence-electron chi connectivity index (χ2n) is 6.94. The summed E-state index contributed by atoms with van der Waals surface area (Å²) < 4.78 is 21.8. The predicted molar refractivity (Wildman–Crippen MR) is 110 cm³/mol. The van der Waals surface area contributed by atoms with Gasteiger partial charge >= 0.3 is 0 Å². The second-order valence-corrected chi connectivity index (χ2v) is 11.5.